The molecule has 0 amide bonds. The summed E-state index contributed by atoms with van der Waals surface area (Å²) in [6.07, 6.45) is 1.55. The molecule has 0 radical (unpaired) electrons. The monoisotopic (exact) mass is 115 g/mol. The lowest BCUT2D eigenvalue weighted by Gasteiger charge is -2.08. The fourth-order valence-electron chi connectivity index (χ4n) is 1.09. The van der Waals surface area contributed by atoms with E-state index in [2.05, 4.69) is 6.92 Å². The summed E-state index contributed by atoms with van der Waals surface area (Å²) in [4.78, 5) is 0. The van der Waals surface area contributed by atoms with Crippen LogP contribution >= 0.6 is 0 Å². The van der Waals surface area contributed by atoms with E-state index in [1.165, 1.54) is 0 Å². The van der Waals surface area contributed by atoms with Crippen LogP contribution in [0.4, 0.5) is 0 Å². The third-order valence-corrected chi connectivity index (χ3v) is 1.84. The van der Waals surface area contributed by atoms with Gasteiger partial charge in [-0.05, 0) is 25.8 Å². The minimum atomic E-state index is 0.403. The van der Waals surface area contributed by atoms with Crippen molar-refractivity contribution in [2.75, 3.05) is 13.2 Å². The van der Waals surface area contributed by atoms with Gasteiger partial charge >= 0.3 is 0 Å². The van der Waals surface area contributed by atoms with E-state index >= 15 is 0 Å². The first kappa shape index (κ1) is 6.05. The van der Waals surface area contributed by atoms with E-state index < -0.39 is 0 Å². The van der Waals surface area contributed by atoms with Crippen LogP contribution in [0.1, 0.15) is 13.3 Å². The van der Waals surface area contributed by atoms with Crippen LogP contribution in [0.15, 0.2) is 0 Å². The highest BCUT2D eigenvalue weighted by molar-refractivity contribution is 4.72. The van der Waals surface area contributed by atoms with Crippen molar-refractivity contribution in [3.63, 3.8) is 0 Å². The smallest absolute Gasteiger partial charge is 0.0588 e. The van der Waals surface area contributed by atoms with E-state index in [1.807, 2.05) is 0 Å². The van der Waals surface area contributed by atoms with Crippen molar-refractivity contribution in [3.8, 4) is 0 Å². The van der Waals surface area contributed by atoms with E-state index in [9.17, 15) is 0 Å². The Morgan fingerprint density at radius 3 is 2.75 bits per heavy atom. The van der Waals surface area contributed by atoms with E-state index in [-0.39, 0.29) is 0 Å². The summed E-state index contributed by atoms with van der Waals surface area (Å²) >= 11 is 0. The standard InChI is InChI=1S/C6H13NO/c1-5-6(4-7)2-3-8-5/h5-6H,2-4,7H2,1H3. The van der Waals surface area contributed by atoms with E-state index in [1.54, 1.807) is 0 Å². The maximum absolute atomic E-state index is 5.44. The molecule has 2 atom stereocenters. The van der Waals surface area contributed by atoms with Gasteiger partial charge in [-0.1, -0.05) is 0 Å². The van der Waals surface area contributed by atoms with Crippen molar-refractivity contribution in [2.45, 2.75) is 19.4 Å². The average Bonchev–Trinajstić information content (AvgIpc) is 2.14. The minimum absolute atomic E-state index is 0.403. The summed E-state index contributed by atoms with van der Waals surface area (Å²) in [5.41, 5.74) is 5.44. The summed E-state index contributed by atoms with van der Waals surface area (Å²) in [6, 6.07) is 0. The third-order valence-electron chi connectivity index (χ3n) is 1.84. The van der Waals surface area contributed by atoms with Gasteiger partial charge in [0.25, 0.3) is 0 Å². The van der Waals surface area contributed by atoms with Gasteiger partial charge in [-0.15, -0.1) is 0 Å². The molecule has 1 rings (SSSR count). The molecule has 1 saturated heterocycles. The summed E-state index contributed by atoms with van der Waals surface area (Å²) in [7, 11) is 0. The Balaban J connectivity index is 2.30. The molecule has 1 fully saturated rings. The molecule has 0 spiro atoms. The van der Waals surface area contributed by atoms with Crippen LogP contribution in [0, 0.1) is 5.92 Å². The maximum atomic E-state index is 5.44. The molecule has 0 aliphatic carbocycles. The van der Waals surface area contributed by atoms with Crippen molar-refractivity contribution in [1.29, 1.82) is 0 Å². The Hall–Kier alpha value is -0.0800. The first-order valence-electron chi connectivity index (χ1n) is 3.16. The van der Waals surface area contributed by atoms with Gasteiger partial charge in [-0.25, -0.2) is 0 Å². The molecule has 2 heteroatoms. The van der Waals surface area contributed by atoms with Crippen LogP contribution in [-0.2, 0) is 4.74 Å². The lowest BCUT2D eigenvalue weighted by atomic mass is 10.0. The van der Waals surface area contributed by atoms with Gasteiger partial charge < -0.3 is 10.5 Å². The largest absolute Gasteiger partial charge is 0.378 e. The molecule has 0 aromatic heterocycles. The molecule has 2 unspecified atom stereocenters. The van der Waals surface area contributed by atoms with Crippen molar-refractivity contribution in [2.24, 2.45) is 11.7 Å². The van der Waals surface area contributed by atoms with Gasteiger partial charge in [0.2, 0.25) is 0 Å². The predicted molar refractivity (Wildman–Crippen MR) is 32.6 cm³/mol. The number of hydrogen-bond donors (Lipinski definition) is 1. The van der Waals surface area contributed by atoms with E-state index in [0.29, 0.717) is 12.0 Å². The fraction of sp³-hybridized carbons (Fsp3) is 1.00. The van der Waals surface area contributed by atoms with Gasteiger partial charge in [0.15, 0.2) is 0 Å². The van der Waals surface area contributed by atoms with Gasteiger partial charge in [-0.3, -0.25) is 0 Å². The second-order valence-electron chi connectivity index (χ2n) is 2.36. The van der Waals surface area contributed by atoms with Crippen molar-refractivity contribution in [3.05, 3.63) is 0 Å². The lowest BCUT2D eigenvalue weighted by molar-refractivity contribution is 0.107. The highest BCUT2D eigenvalue weighted by Gasteiger charge is 2.21. The van der Waals surface area contributed by atoms with Gasteiger partial charge in [0, 0.05) is 6.61 Å². The Bertz CT molecular complexity index is 74.9. The second kappa shape index (κ2) is 2.46. The van der Waals surface area contributed by atoms with Crippen LogP contribution in [-0.4, -0.2) is 19.3 Å². The highest BCUT2D eigenvalue weighted by Crippen LogP contribution is 2.18. The summed E-state index contributed by atoms with van der Waals surface area (Å²) in [5, 5.41) is 0. The van der Waals surface area contributed by atoms with Gasteiger partial charge in [0.05, 0.1) is 6.10 Å². The molecule has 0 aromatic rings. The molecule has 48 valence electrons. The molecule has 1 heterocycles. The van der Waals surface area contributed by atoms with Crippen LogP contribution in [0.2, 0.25) is 0 Å². The Kier molecular flexibility index (Phi) is 1.86. The Morgan fingerprint density at radius 1 is 1.75 bits per heavy atom. The predicted octanol–water partition coefficient (Wildman–Crippen LogP) is 0.370. The molecular weight excluding hydrogens is 102 g/mol. The number of ether oxygens (including phenoxy) is 1. The molecular formula is C6H13NO. The van der Waals surface area contributed by atoms with Crippen molar-refractivity contribution in [1.82, 2.24) is 0 Å². The Morgan fingerprint density at radius 2 is 2.50 bits per heavy atom. The first-order valence-corrected chi connectivity index (χ1v) is 3.16. The normalized spacial score (nSPS) is 38.2. The zero-order valence-corrected chi connectivity index (χ0v) is 5.26. The zero-order valence-electron chi connectivity index (χ0n) is 5.26. The van der Waals surface area contributed by atoms with E-state index in [0.717, 1.165) is 19.6 Å². The molecule has 0 aromatic carbocycles. The average molecular weight is 115 g/mol. The highest BCUT2D eigenvalue weighted by atomic mass is 16.5. The minimum Gasteiger partial charge on any atom is -0.378 e. The van der Waals surface area contributed by atoms with Crippen LogP contribution in [0.3, 0.4) is 0 Å². The number of hydrogen-bond acceptors (Lipinski definition) is 2. The maximum Gasteiger partial charge on any atom is 0.0588 e. The lowest BCUT2D eigenvalue weighted by Crippen LogP contribution is -2.20. The molecule has 1 aliphatic rings. The van der Waals surface area contributed by atoms with Crippen LogP contribution in [0.25, 0.3) is 0 Å². The van der Waals surface area contributed by atoms with E-state index in [4.69, 9.17) is 10.5 Å². The zero-order chi connectivity index (χ0) is 5.98. The summed E-state index contributed by atoms with van der Waals surface area (Å²) in [6.45, 7) is 3.77. The fourth-order valence-corrected chi connectivity index (χ4v) is 1.09. The first-order chi connectivity index (χ1) is 3.84. The van der Waals surface area contributed by atoms with Crippen LogP contribution in [0.5, 0.6) is 0 Å². The quantitative estimate of drug-likeness (QED) is 0.536. The second-order valence-corrected chi connectivity index (χ2v) is 2.36. The molecule has 0 bridgehead atoms. The molecule has 0 saturated carbocycles. The molecule has 1 aliphatic heterocycles. The summed E-state index contributed by atoms with van der Waals surface area (Å²) < 4.78 is 5.28. The number of rotatable bonds is 1. The SMILES string of the molecule is CC1OCCC1CN. The molecule has 2 nitrogen and oxygen atoms in total. The molecule has 8 heavy (non-hydrogen) atoms. The summed E-state index contributed by atoms with van der Waals surface area (Å²) in [5.74, 6) is 0.620. The number of nitrogens with two attached hydrogens (primary N) is 1. The van der Waals surface area contributed by atoms with Crippen molar-refractivity contribution < 1.29 is 4.74 Å². The van der Waals surface area contributed by atoms with Crippen molar-refractivity contribution >= 4 is 0 Å². The Labute approximate surface area is 50.0 Å². The third kappa shape index (κ3) is 1.01. The van der Waals surface area contributed by atoms with Crippen LogP contribution < -0.4 is 5.73 Å². The topological polar surface area (TPSA) is 35.2 Å². The van der Waals surface area contributed by atoms with Gasteiger partial charge in [-0.2, -0.15) is 0 Å². The van der Waals surface area contributed by atoms with Gasteiger partial charge in [0.1, 0.15) is 0 Å². The molecule has 2 N–H and O–H groups in total.